The molecule has 0 aromatic heterocycles. The van der Waals surface area contributed by atoms with Gasteiger partial charge < -0.3 is 11.1 Å². The molecule has 0 spiro atoms. The summed E-state index contributed by atoms with van der Waals surface area (Å²) in [6.07, 6.45) is 0. The predicted octanol–water partition coefficient (Wildman–Crippen LogP) is 3.11. The van der Waals surface area contributed by atoms with Crippen molar-refractivity contribution in [3.63, 3.8) is 0 Å². The van der Waals surface area contributed by atoms with Crippen LogP contribution in [0.3, 0.4) is 0 Å². The van der Waals surface area contributed by atoms with Gasteiger partial charge in [-0.25, -0.2) is 8.78 Å². The molecular formula is C14H12F2N2O. The molecule has 0 aliphatic rings. The molecule has 1 amide bonds. The van der Waals surface area contributed by atoms with Crippen LogP contribution in [0.25, 0.3) is 0 Å². The van der Waals surface area contributed by atoms with Crippen molar-refractivity contribution in [2.45, 2.75) is 6.92 Å². The van der Waals surface area contributed by atoms with Crippen LogP contribution in [0.2, 0.25) is 0 Å². The van der Waals surface area contributed by atoms with E-state index in [-0.39, 0.29) is 11.3 Å². The second kappa shape index (κ2) is 5.06. The third-order valence-corrected chi connectivity index (χ3v) is 2.65. The Morgan fingerprint density at radius 1 is 1.16 bits per heavy atom. The van der Waals surface area contributed by atoms with E-state index >= 15 is 0 Å². The number of nitrogen functional groups attached to an aromatic ring is 1. The average molecular weight is 262 g/mol. The maximum absolute atomic E-state index is 13.4. The minimum Gasteiger partial charge on any atom is -0.398 e. The van der Waals surface area contributed by atoms with Crippen LogP contribution in [0.15, 0.2) is 36.4 Å². The number of nitrogens with two attached hydrogens (primary N) is 1. The van der Waals surface area contributed by atoms with Gasteiger partial charge in [-0.2, -0.15) is 0 Å². The number of carbonyl (C=O) groups excluding carboxylic acids is 1. The third-order valence-electron chi connectivity index (χ3n) is 2.65. The molecule has 0 saturated heterocycles. The smallest absolute Gasteiger partial charge is 0.257 e. The minimum atomic E-state index is -0.834. The number of benzene rings is 2. The monoisotopic (exact) mass is 262 g/mol. The molecule has 2 aromatic carbocycles. The number of nitrogens with one attached hydrogen (secondary N) is 1. The second-order valence-corrected chi connectivity index (χ2v) is 4.14. The first-order valence-corrected chi connectivity index (χ1v) is 5.60. The largest absolute Gasteiger partial charge is 0.398 e. The molecule has 0 aliphatic heterocycles. The van der Waals surface area contributed by atoms with E-state index in [1.165, 1.54) is 6.07 Å². The Hall–Kier alpha value is -2.43. The fourth-order valence-corrected chi connectivity index (χ4v) is 1.66. The standard InChI is InChI=1S/C14H12F2N2O/c1-8-5-6-12(17)9(7-8)14(19)18-13-10(15)3-2-4-11(13)16/h2-7H,17H2,1H3,(H,18,19). The fourth-order valence-electron chi connectivity index (χ4n) is 1.66. The van der Waals surface area contributed by atoms with Crippen LogP contribution in [-0.2, 0) is 0 Å². The molecule has 3 nitrogen and oxygen atoms in total. The van der Waals surface area contributed by atoms with Crippen LogP contribution in [0, 0.1) is 18.6 Å². The molecule has 0 heterocycles. The first-order chi connectivity index (χ1) is 8.99. The Morgan fingerprint density at radius 3 is 2.42 bits per heavy atom. The lowest BCUT2D eigenvalue weighted by Crippen LogP contribution is -2.16. The molecule has 0 bridgehead atoms. The van der Waals surface area contributed by atoms with Gasteiger partial charge in [0.05, 0.1) is 5.56 Å². The van der Waals surface area contributed by atoms with Crippen molar-refractivity contribution in [1.82, 2.24) is 0 Å². The van der Waals surface area contributed by atoms with Crippen LogP contribution in [-0.4, -0.2) is 5.91 Å². The van der Waals surface area contributed by atoms with Crippen LogP contribution in [0.1, 0.15) is 15.9 Å². The van der Waals surface area contributed by atoms with Crippen molar-refractivity contribution in [2.24, 2.45) is 0 Å². The van der Waals surface area contributed by atoms with Gasteiger partial charge in [0.15, 0.2) is 0 Å². The molecule has 0 atom stereocenters. The lowest BCUT2D eigenvalue weighted by molar-refractivity contribution is 0.102. The van der Waals surface area contributed by atoms with Crippen molar-refractivity contribution in [1.29, 1.82) is 0 Å². The van der Waals surface area contributed by atoms with Gasteiger partial charge in [0.1, 0.15) is 17.3 Å². The minimum absolute atomic E-state index is 0.183. The van der Waals surface area contributed by atoms with Gasteiger partial charge in [0.25, 0.3) is 5.91 Å². The molecule has 5 heteroatoms. The van der Waals surface area contributed by atoms with Gasteiger partial charge >= 0.3 is 0 Å². The van der Waals surface area contributed by atoms with E-state index in [0.717, 1.165) is 17.7 Å². The number of hydrogen-bond acceptors (Lipinski definition) is 2. The van der Waals surface area contributed by atoms with Gasteiger partial charge in [-0.05, 0) is 31.2 Å². The van der Waals surface area contributed by atoms with E-state index in [2.05, 4.69) is 5.32 Å². The molecule has 0 aliphatic carbocycles. The summed E-state index contributed by atoms with van der Waals surface area (Å²) < 4.78 is 26.8. The molecule has 0 fully saturated rings. The number of anilines is 2. The fraction of sp³-hybridized carbons (Fsp3) is 0.0714. The summed E-state index contributed by atoms with van der Waals surface area (Å²) in [6.45, 7) is 1.79. The number of amides is 1. The molecule has 0 saturated carbocycles. The van der Waals surface area contributed by atoms with Crippen molar-refractivity contribution >= 4 is 17.3 Å². The zero-order valence-electron chi connectivity index (χ0n) is 10.2. The summed E-state index contributed by atoms with van der Waals surface area (Å²) in [7, 11) is 0. The molecule has 2 aromatic rings. The first-order valence-electron chi connectivity index (χ1n) is 5.60. The van der Waals surface area contributed by atoms with Gasteiger partial charge in [0, 0.05) is 5.69 Å². The Balaban J connectivity index is 2.34. The topological polar surface area (TPSA) is 55.1 Å². The second-order valence-electron chi connectivity index (χ2n) is 4.14. The van der Waals surface area contributed by atoms with E-state index in [1.54, 1.807) is 25.1 Å². The average Bonchev–Trinajstić information content (AvgIpc) is 2.37. The SMILES string of the molecule is Cc1ccc(N)c(C(=O)Nc2c(F)cccc2F)c1. The van der Waals surface area contributed by atoms with E-state index in [1.807, 2.05) is 0 Å². The van der Waals surface area contributed by atoms with E-state index in [0.29, 0.717) is 0 Å². The lowest BCUT2D eigenvalue weighted by Gasteiger charge is -2.09. The Morgan fingerprint density at radius 2 is 1.79 bits per heavy atom. The zero-order valence-corrected chi connectivity index (χ0v) is 10.2. The summed E-state index contributed by atoms with van der Waals surface area (Å²) in [5.41, 5.74) is 6.45. The molecule has 0 unspecified atom stereocenters. The number of rotatable bonds is 2. The number of halogens is 2. The maximum Gasteiger partial charge on any atom is 0.257 e. The number of carbonyl (C=O) groups is 1. The van der Waals surface area contributed by atoms with Crippen LogP contribution < -0.4 is 11.1 Å². The summed E-state index contributed by atoms with van der Waals surface area (Å²) in [6, 6.07) is 8.24. The molecular weight excluding hydrogens is 250 g/mol. The van der Waals surface area contributed by atoms with Crippen molar-refractivity contribution in [3.8, 4) is 0 Å². The van der Waals surface area contributed by atoms with Crippen molar-refractivity contribution in [2.75, 3.05) is 11.1 Å². The Labute approximate surface area is 109 Å². The highest BCUT2D eigenvalue weighted by atomic mass is 19.1. The van der Waals surface area contributed by atoms with Crippen LogP contribution in [0.5, 0.6) is 0 Å². The highest BCUT2D eigenvalue weighted by Gasteiger charge is 2.15. The van der Waals surface area contributed by atoms with Gasteiger partial charge in [0.2, 0.25) is 0 Å². The quantitative estimate of drug-likeness (QED) is 0.817. The van der Waals surface area contributed by atoms with Gasteiger partial charge in [-0.15, -0.1) is 0 Å². The number of para-hydroxylation sites is 1. The summed E-state index contributed by atoms with van der Waals surface area (Å²) >= 11 is 0. The van der Waals surface area contributed by atoms with Crippen molar-refractivity contribution < 1.29 is 13.6 Å². The number of hydrogen-bond donors (Lipinski definition) is 2. The summed E-state index contributed by atoms with van der Waals surface area (Å²) in [5.74, 6) is -2.32. The lowest BCUT2D eigenvalue weighted by atomic mass is 10.1. The van der Waals surface area contributed by atoms with E-state index in [9.17, 15) is 13.6 Å². The summed E-state index contributed by atoms with van der Waals surface area (Å²) in [5, 5.41) is 2.19. The molecule has 98 valence electrons. The molecule has 3 N–H and O–H groups in total. The van der Waals surface area contributed by atoms with E-state index in [4.69, 9.17) is 5.73 Å². The highest BCUT2D eigenvalue weighted by molar-refractivity contribution is 6.07. The zero-order chi connectivity index (χ0) is 14.0. The van der Waals surface area contributed by atoms with Crippen LogP contribution in [0.4, 0.5) is 20.2 Å². The first kappa shape index (κ1) is 13.0. The molecule has 0 radical (unpaired) electrons. The van der Waals surface area contributed by atoms with Gasteiger partial charge in [-0.1, -0.05) is 17.7 Å². The predicted molar refractivity (Wildman–Crippen MR) is 69.9 cm³/mol. The molecule has 2 rings (SSSR count). The maximum atomic E-state index is 13.4. The van der Waals surface area contributed by atoms with Crippen LogP contribution >= 0.6 is 0 Å². The van der Waals surface area contributed by atoms with E-state index < -0.39 is 23.2 Å². The highest BCUT2D eigenvalue weighted by Crippen LogP contribution is 2.21. The third kappa shape index (κ3) is 2.70. The number of aryl methyl sites for hydroxylation is 1. The van der Waals surface area contributed by atoms with Crippen molar-refractivity contribution in [3.05, 3.63) is 59.2 Å². The van der Waals surface area contributed by atoms with Gasteiger partial charge in [-0.3, -0.25) is 4.79 Å². The Kier molecular flexibility index (Phi) is 3.46. The summed E-state index contributed by atoms with van der Waals surface area (Å²) in [4.78, 5) is 12.0. The molecule has 19 heavy (non-hydrogen) atoms. The Bertz CT molecular complexity index is 621. The normalized spacial score (nSPS) is 10.3.